The molecular formula is C55H103NO10. The average molecular weight is 938 g/mol. The van der Waals surface area contributed by atoms with E-state index in [0.29, 0.717) is 19.4 Å². The second-order valence-corrected chi connectivity index (χ2v) is 19.3. The number of hydrogen-bond acceptors (Lipinski definition) is 10. The molecule has 11 nitrogen and oxygen atoms in total. The first-order chi connectivity index (χ1) is 32.2. The number of aliphatic hydroxyl groups excluding tert-OH is 5. The van der Waals surface area contributed by atoms with Crippen molar-refractivity contribution in [2.75, 3.05) is 19.8 Å². The number of nitrogens with one attached hydrogen (secondary N) is 1. The van der Waals surface area contributed by atoms with Crippen LogP contribution < -0.4 is 5.32 Å². The summed E-state index contributed by atoms with van der Waals surface area (Å²) in [7, 11) is 0. The van der Waals surface area contributed by atoms with Crippen LogP contribution in [0, 0.1) is 0 Å². The summed E-state index contributed by atoms with van der Waals surface area (Å²) in [6, 6.07) is -0.831. The Bertz CT molecular complexity index is 1150. The van der Waals surface area contributed by atoms with Crippen LogP contribution in [-0.4, -0.2) is 100 Å². The molecule has 1 amide bonds. The molecule has 1 saturated heterocycles. The van der Waals surface area contributed by atoms with E-state index in [1.165, 1.54) is 154 Å². The van der Waals surface area contributed by atoms with Crippen LogP contribution in [-0.2, 0) is 23.8 Å². The molecule has 0 aromatic heterocycles. The van der Waals surface area contributed by atoms with E-state index in [1.54, 1.807) is 6.08 Å². The Labute approximate surface area is 403 Å². The molecule has 0 spiro atoms. The van der Waals surface area contributed by atoms with Gasteiger partial charge in [-0.15, -0.1) is 0 Å². The van der Waals surface area contributed by atoms with Crippen molar-refractivity contribution >= 4 is 11.9 Å². The molecule has 0 aliphatic carbocycles. The highest BCUT2D eigenvalue weighted by Crippen LogP contribution is 2.23. The largest absolute Gasteiger partial charge is 0.466 e. The van der Waals surface area contributed by atoms with Crippen LogP contribution in [0.25, 0.3) is 0 Å². The molecule has 0 aromatic carbocycles. The molecule has 7 atom stereocenters. The average Bonchev–Trinajstić information content (AvgIpc) is 3.31. The lowest BCUT2D eigenvalue weighted by Gasteiger charge is -2.40. The minimum Gasteiger partial charge on any atom is -0.466 e. The Balaban J connectivity index is 2.12. The summed E-state index contributed by atoms with van der Waals surface area (Å²) in [5.74, 6) is -0.216. The van der Waals surface area contributed by atoms with Gasteiger partial charge in [0.05, 0.1) is 32.0 Å². The van der Waals surface area contributed by atoms with Crippen molar-refractivity contribution in [1.29, 1.82) is 0 Å². The predicted molar refractivity (Wildman–Crippen MR) is 269 cm³/mol. The number of carbonyl (C=O) groups excluding carboxylic acids is 2. The number of hydrogen-bond donors (Lipinski definition) is 6. The summed E-state index contributed by atoms with van der Waals surface area (Å²) in [4.78, 5) is 25.0. The number of unbranched alkanes of at least 4 members (excludes halogenated alkanes) is 31. The molecule has 1 rings (SSSR count). The van der Waals surface area contributed by atoms with E-state index < -0.39 is 49.5 Å². The third-order valence-corrected chi connectivity index (χ3v) is 13.1. The number of rotatable bonds is 47. The maximum atomic E-state index is 13.0. The Morgan fingerprint density at radius 2 is 0.985 bits per heavy atom. The van der Waals surface area contributed by atoms with Crippen LogP contribution in [0.15, 0.2) is 24.3 Å². The van der Waals surface area contributed by atoms with E-state index in [4.69, 9.17) is 14.2 Å². The summed E-state index contributed by atoms with van der Waals surface area (Å²) < 4.78 is 16.6. The number of esters is 1. The first-order valence-electron chi connectivity index (χ1n) is 27.6. The maximum absolute atomic E-state index is 13.0. The zero-order valence-corrected chi connectivity index (χ0v) is 42.4. The molecule has 1 heterocycles. The van der Waals surface area contributed by atoms with Gasteiger partial charge in [-0.3, -0.25) is 9.59 Å². The molecule has 0 saturated carbocycles. The van der Waals surface area contributed by atoms with E-state index in [1.807, 2.05) is 6.08 Å². The van der Waals surface area contributed by atoms with Gasteiger partial charge < -0.3 is 45.1 Å². The molecule has 7 unspecified atom stereocenters. The third-order valence-electron chi connectivity index (χ3n) is 13.1. The molecular weight excluding hydrogens is 835 g/mol. The molecule has 11 heteroatoms. The predicted octanol–water partition coefficient (Wildman–Crippen LogP) is 11.8. The number of amides is 1. The van der Waals surface area contributed by atoms with E-state index in [-0.39, 0.29) is 18.5 Å². The summed E-state index contributed by atoms with van der Waals surface area (Å²) in [6.07, 6.45) is 42.6. The zero-order chi connectivity index (χ0) is 48.1. The quantitative estimate of drug-likeness (QED) is 0.0196. The summed E-state index contributed by atoms with van der Waals surface area (Å²) in [5, 5.41) is 54.2. The summed E-state index contributed by atoms with van der Waals surface area (Å²) in [5.41, 5.74) is 0. The fourth-order valence-electron chi connectivity index (χ4n) is 8.63. The monoisotopic (exact) mass is 938 g/mol. The number of ether oxygens (including phenoxy) is 3. The Morgan fingerprint density at radius 3 is 1.50 bits per heavy atom. The molecule has 388 valence electrons. The van der Waals surface area contributed by atoms with Gasteiger partial charge in [-0.05, 0) is 44.9 Å². The van der Waals surface area contributed by atoms with Crippen LogP contribution in [0.2, 0.25) is 0 Å². The van der Waals surface area contributed by atoms with Crippen molar-refractivity contribution in [3.63, 3.8) is 0 Å². The molecule has 0 radical (unpaired) electrons. The van der Waals surface area contributed by atoms with Crippen molar-refractivity contribution < 1.29 is 49.3 Å². The molecule has 0 aromatic rings. The van der Waals surface area contributed by atoms with Gasteiger partial charge in [0.15, 0.2) is 6.29 Å². The lowest BCUT2D eigenvalue weighted by Crippen LogP contribution is -2.60. The molecule has 0 bridgehead atoms. The Hall–Kier alpha value is -1.86. The topological polar surface area (TPSA) is 175 Å². The van der Waals surface area contributed by atoms with Crippen LogP contribution in [0.1, 0.15) is 251 Å². The van der Waals surface area contributed by atoms with Gasteiger partial charge in [0, 0.05) is 12.8 Å². The standard InChI is InChI=1S/C55H103NO10/c1-3-5-7-9-11-13-21-25-29-33-37-41-48(58)47(46-65-55-54(63)53(62)52(61)49(45-57)66-55)56-50(59)42-38-34-30-26-23-19-17-15-16-18-20-24-28-32-36-40-44-64-51(60)43-39-35-31-27-22-14-12-10-8-6-4-2/h21,25,37,41,47-49,52-55,57-58,61-63H,3-20,22-24,26-36,38-40,42-46H2,1-2H3,(H,56,59)/b25-21+,41-37+. The fourth-order valence-corrected chi connectivity index (χ4v) is 8.63. The molecule has 66 heavy (non-hydrogen) atoms. The molecule has 6 N–H and O–H groups in total. The van der Waals surface area contributed by atoms with Crippen molar-refractivity contribution in [1.82, 2.24) is 5.32 Å². The zero-order valence-electron chi connectivity index (χ0n) is 42.4. The van der Waals surface area contributed by atoms with Gasteiger partial charge in [-0.25, -0.2) is 0 Å². The third kappa shape index (κ3) is 35.3. The Morgan fingerprint density at radius 1 is 0.545 bits per heavy atom. The summed E-state index contributed by atoms with van der Waals surface area (Å²) >= 11 is 0. The minimum absolute atomic E-state index is 0.0161. The number of allylic oxidation sites excluding steroid dienone is 3. The fraction of sp³-hybridized carbons (Fsp3) is 0.891. The lowest BCUT2D eigenvalue weighted by molar-refractivity contribution is -0.302. The maximum Gasteiger partial charge on any atom is 0.305 e. The van der Waals surface area contributed by atoms with Crippen LogP contribution in [0.3, 0.4) is 0 Å². The van der Waals surface area contributed by atoms with Crippen LogP contribution >= 0.6 is 0 Å². The highest BCUT2D eigenvalue weighted by atomic mass is 16.7. The van der Waals surface area contributed by atoms with E-state index in [9.17, 15) is 35.1 Å². The van der Waals surface area contributed by atoms with E-state index in [0.717, 1.165) is 70.6 Å². The van der Waals surface area contributed by atoms with Gasteiger partial charge in [-0.1, -0.05) is 218 Å². The number of carbonyl (C=O) groups is 2. The molecule has 1 fully saturated rings. The number of aliphatic hydroxyl groups is 5. The summed E-state index contributed by atoms with van der Waals surface area (Å²) in [6.45, 7) is 4.27. The van der Waals surface area contributed by atoms with Crippen LogP contribution in [0.5, 0.6) is 0 Å². The smallest absolute Gasteiger partial charge is 0.305 e. The van der Waals surface area contributed by atoms with E-state index in [2.05, 4.69) is 31.3 Å². The minimum atomic E-state index is -1.58. The van der Waals surface area contributed by atoms with Crippen molar-refractivity contribution in [3.05, 3.63) is 24.3 Å². The second-order valence-electron chi connectivity index (χ2n) is 19.3. The molecule has 1 aliphatic rings. The van der Waals surface area contributed by atoms with Crippen LogP contribution in [0.4, 0.5) is 0 Å². The van der Waals surface area contributed by atoms with E-state index >= 15 is 0 Å². The SMILES string of the molecule is CCCCCCC/C=C/CC/C=C/C(O)C(COC1OC(CO)C(O)C(O)C1O)NC(=O)CCCCCCCCCCCCCCCCCCOC(=O)CCCCCCCCCCCCC. The Kier molecular flexibility index (Phi) is 42.9. The highest BCUT2D eigenvalue weighted by molar-refractivity contribution is 5.76. The van der Waals surface area contributed by atoms with Gasteiger partial charge in [-0.2, -0.15) is 0 Å². The first-order valence-corrected chi connectivity index (χ1v) is 27.6. The van der Waals surface area contributed by atoms with Gasteiger partial charge in [0.25, 0.3) is 0 Å². The van der Waals surface area contributed by atoms with Crippen molar-refractivity contribution in [2.45, 2.75) is 294 Å². The van der Waals surface area contributed by atoms with Gasteiger partial charge in [0.1, 0.15) is 24.4 Å². The normalized spacial score (nSPS) is 19.8. The van der Waals surface area contributed by atoms with Crippen molar-refractivity contribution in [3.8, 4) is 0 Å². The van der Waals surface area contributed by atoms with Crippen molar-refractivity contribution in [2.24, 2.45) is 0 Å². The van der Waals surface area contributed by atoms with Gasteiger partial charge in [0.2, 0.25) is 5.91 Å². The first kappa shape index (κ1) is 62.2. The highest BCUT2D eigenvalue weighted by Gasteiger charge is 2.44. The molecule has 1 aliphatic heterocycles. The lowest BCUT2D eigenvalue weighted by atomic mass is 9.99. The second kappa shape index (κ2) is 45.6. The van der Waals surface area contributed by atoms with Gasteiger partial charge >= 0.3 is 5.97 Å².